The molecule has 18 heavy (non-hydrogen) atoms. The fourth-order valence-corrected chi connectivity index (χ4v) is 3.16. The second-order valence-corrected chi connectivity index (χ2v) is 7.14. The molecule has 0 aliphatic heterocycles. The third-order valence-corrected chi connectivity index (χ3v) is 4.90. The molecule has 1 amide bonds. The van der Waals surface area contributed by atoms with Crippen LogP contribution in [0.1, 0.15) is 21.5 Å². The summed E-state index contributed by atoms with van der Waals surface area (Å²) < 4.78 is 1.12. The number of carbonyl (C=O) groups is 1. The normalized spacial score (nSPS) is 10.3. The monoisotopic (exact) mass is 435 g/mol. The van der Waals surface area contributed by atoms with E-state index in [1.807, 2.05) is 23.6 Å². The lowest BCUT2D eigenvalue weighted by Gasteiger charge is -2.04. The van der Waals surface area contributed by atoms with E-state index >= 15 is 0 Å². The van der Waals surface area contributed by atoms with Crippen LogP contribution in [0, 0.1) is 2.88 Å². The molecule has 0 saturated heterocycles. The first-order valence-corrected chi connectivity index (χ1v) is 8.43. The summed E-state index contributed by atoms with van der Waals surface area (Å²) in [7, 11) is 0. The Balaban J connectivity index is 1.92. The Bertz CT molecular complexity index is 538. The van der Waals surface area contributed by atoms with Gasteiger partial charge in [-0.1, -0.05) is 40.2 Å². The molecule has 0 fully saturated rings. The minimum atomic E-state index is -0.0151. The largest absolute Gasteiger partial charge is 0.348 e. The zero-order valence-corrected chi connectivity index (χ0v) is 14.0. The topological polar surface area (TPSA) is 29.1 Å². The standard InChI is InChI=1S/C13H11BrINOS/c14-6-9-1-3-10(4-2-9)7-16-13(17)11-5-12(15)18-8-11/h1-5,8H,6-7H2,(H,16,17). The van der Waals surface area contributed by atoms with Crippen LogP contribution in [0.5, 0.6) is 0 Å². The van der Waals surface area contributed by atoms with Gasteiger partial charge in [-0.15, -0.1) is 11.3 Å². The number of hydrogen-bond donors (Lipinski definition) is 1. The summed E-state index contributed by atoms with van der Waals surface area (Å²) >= 11 is 7.20. The maximum absolute atomic E-state index is 11.8. The van der Waals surface area contributed by atoms with Crippen molar-refractivity contribution >= 4 is 55.8 Å². The zero-order chi connectivity index (χ0) is 13.0. The molecule has 94 valence electrons. The SMILES string of the molecule is O=C(NCc1ccc(CBr)cc1)c1csc(I)c1. The van der Waals surface area contributed by atoms with E-state index in [-0.39, 0.29) is 5.91 Å². The Kier molecular flexibility index (Phi) is 5.20. The summed E-state index contributed by atoms with van der Waals surface area (Å²) in [5.41, 5.74) is 3.08. The number of alkyl halides is 1. The van der Waals surface area contributed by atoms with Crippen molar-refractivity contribution < 1.29 is 4.79 Å². The lowest BCUT2D eigenvalue weighted by atomic mass is 10.1. The molecular formula is C13H11BrINOS. The minimum Gasteiger partial charge on any atom is -0.348 e. The van der Waals surface area contributed by atoms with Crippen molar-refractivity contribution in [3.05, 3.63) is 55.3 Å². The van der Waals surface area contributed by atoms with Crippen LogP contribution in [0.4, 0.5) is 0 Å². The second-order valence-electron chi connectivity index (χ2n) is 3.77. The summed E-state index contributed by atoms with van der Waals surface area (Å²) in [6.07, 6.45) is 0. The van der Waals surface area contributed by atoms with Crippen LogP contribution in [0.25, 0.3) is 0 Å². The predicted molar refractivity (Wildman–Crippen MR) is 87.3 cm³/mol. The van der Waals surface area contributed by atoms with Gasteiger partial charge >= 0.3 is 0 Å². The first kappa shape index (κ1) is 14.0. The van der Waals surface area contributed by atoms with Crippen molar-refractivity contribution in [2.45, 2.75) is 11.9 Å². The maximum Gasteiger partial charge on any atom is 0.252 e. The molecule has 0 unspecified atom stereocenters. The Hall–Kier alpha value is -0.400. The van der Waals surface area contributed by atoms with Gasteiger partial charge in [0.2, 0.25) is 0 Å². The molecule has 0 atom stereocenters. The van der Waals surface area contributed by atoms with E-state index in [4.69, 9.17) is 0 Å². The highest BCUT2D eigenvalue weighted by molar-refractivity contribution is 14.1. The van der Waals surface area contributed by atoms with Gasteiger partial charge in [0, 0.05) is 17.3 Å². The average Bonchev–Trinajstić information content (AvgIpc) is 2.83. The molecule has 1 aromatic heterocycles. The van der Waals surface area contributed by atoms with E-state index in [0.717, 1.165) is 19.3 Å². The summed E-state index contributed by atoms with van der Waals surface area (Å²) in [4.78, 5) is 11.8. The van der Waals surface area contributed by atoms with Crippen LogP contribution in [-0.2, 0) is 11.9 Å². The maximum atomic E-state index is 11.8. The first-order chi connectivity index (χ1) is 8.69. The number of benzene rings is 1. The fourth-order valence-electron chi connectivity index (χ4n) is 1.46. The minimum absolute atomic E-state index is 0.0151. The number of thiophene rings is 1. The van der Waals surface area contributed by atoms with E-state index in [9.17, 15) is 4.79 Å². The van der Waals surface area contributed by atoms with E-state index in [1.165, 1.54) is 5.56 Å². The van der Waals surface area contributed by atoms with Gasteiger partial charge in [0.25, 0.3) is 5.91 Å². The van der Waals surface area contributed by atoms with Crippen LogP contribution < -0.4 is 5.32 Å². The summed E-state index contributed by atoms with van der Waals surface area (Å²) in [5.74, 6) is -0.0151. The molecular weight excluding hydrogens is 425 g/mol. The van der Waals surface area contributed by atoms with Gasteiger partial charge in [0.15, 0.2) is 0 Å². The summed E-state index contributed by atoms with van der Waals surface area (Å²) in [5, 5.41) is 5.65. The van der Waals surface area contributed by atoms with Gasteiger partial charge in [-0.05, 0) is 39.8 Å². The Morgan fingerprint density at radius 3 is 2.50 bits per heavy atom. The lowest BCUT2D eigenvalue weighted by molar-refractivity contribution is 0.0951. The van der Waals surface area contributed by atoms with Crippen molar-refractivity contribution in [3.63, 3.8) is 0 Å². The lowest BCUT2D eigenvalue weighted by Crippen LogP contribution is -2.22. The van der Waals surface area contributed by atoms with Gasteiger partial charge in [0.05, 0.1) is 8.45 Å². The molecule has 1 N–H and O–H groups in total. The van der Waals surface area contributed by atoms with Gasteiger partial charge in [-0.3, -0.25) is 4.79 Å². The van der Waals surface area contributed by atoms with E-state index in [1.54, 1.807) is 11.3 Å². The molecule has 0 spiro atoms. The predicted octanol–water partition coefficient (Wildman–Crippen LogP) is 4.18. The number of carbonyl (C=O) groups excluding carboxylic acids is 1. The molecule has 0 radical (unpaired) electrons. The Morgan fingerprint density at radius 2 is 1.94 bits per heavy atom. The highest BCUT2D eigenvalue weighted by Crippen LogP contribution is 2.16. The zero-order valence-electron chi connectivity index (χ0n) is 9.45. The van der Waals surface area contributed by atoms with Crippen molar-refractivity contribution in [2.24, 2.45) is 0 Å². The van der Waals surface area contributed by atoms with Gasteiger partial charge in [-0.25, -0.2) is 0 Å². The van der Waals surface area contributed by atoms with Crippen LogP contribution in [0.2, 0.25) is 0 Å². The molecule has 5 heteroatoms. The van der Waals surface area contributed by atoms with E-state index < -0.39 is 0 Å². The Morgan fingerprint density at radius 1 is 1.28 bits per heavy atom. The fraction of sp³-hybridized carbons (Fsp3) is 0.154. The molecule has 2 aromatic rings. The van der Waals surface area contributed by atoms with Crippen molar-refractivity contribution in [1.82, 2.24) is 5.32 Å². The quantitative estimate of drug-likeness (QED) is 0.566. The molecule has 0 aliphatic rings. The molecule has 0 bridgehead atoms. The third kappa shape index (κ3) is 3.80. The van der Waals surface area contributed by atoms with E-state index in [0.29, 0.717) is 6.54 Å². The highest BCUT2D eigenvalue weighted by atomic mass is 127. The van der Waals surface area contributed by atoms with Gasteiger partial charge in [0.1, 0.15) is 0 Å². The first-order valence-electron chi connectivity index (χ1n) is 5.35. The van der Waals surface area contributed by atoms with Crippen molar-refractivity contribution in [2.75, 3.05) is 0 Å². The van der Waals surface area contributed by atoms with Crippen LogP contribution in [-0.4, -0.2) is 5.91 Å². The smallest absolute Gasteiger partial charge is 0.252 e. The van der Waals surface area contributed by atoms with Crippen molar-refractivity contribution in [1.29, 1.82) is 0 Å². The summed E-state index contributed by atoms with van der Waals surface area (Å²) in [6, 6.07) is 10.1. The number of nitrogens with one attached hydrogen (secondary N) is 1. The number of hydrogen-bond acceptors (Lipinski definition) is 2. The average molecular weight is 436 g/mol. The van der Waals surface area contributed by atoms with Crippen LogP contribution in [0.3, 0.4) is 0 Å². The molecule has 2 rings (SSSR count). The highest BCUT2D eigenvalue weighted by Gasteiger charge is 2.07. The number of rotatable bonds is 4. The van der Waals surface area contributed by atoms with Crippen molar-refractivity contribution in [3.8, 4) is 0 Å². The van der Waals surface area contributed by atoms with Gasteiger partial charge in [-0.2, -0.15) is 0 Å². The molecule has 0 aliphatic carbocycles. The van der Waals surface area contributed by atoms with Gasteiger partial charge < -0.3 is 5.32 Å². The molecule has 1 aromatic carbocycles. The van der Waals surface area contributed by atoms with E-state index in [2.05, 4.69) is 56.0 Å². The number of halogens is 2. The molecule has 2 nitrogen and oxygen atoms in total. The molecule has 0 saturated carbocycles. The third-order valence-electron chi connectivity index (χ3n) is 2.46. The number of amides is 1. The Labute approximate surface area is 132 Å². The van der Waals surface area contributed by atoms with Crippen LogP contribution >= 0.6 is 49.9 Å². The second kappa shape index (κ2) is 6.68. The summed E-state index contributed by atoms with van der Waals surface area (Å²) in [6.45, 7) is 0.563. The molecule has 1 heterocycles. The van der Waals surface area contributed by atoms with Crippen LogP contribution in [0.15, 0.2) is 35.7 Å².